The SMILES string of the molecule is COc1ccc(C2SC(=O)NC2=O)cc1OC. The maximum atomic E-state index is 11.5. The third kappa shape index (κ3) is 2.21. The van der Waals surface area contributed by atoms with Gasteiger partial charge in [0.2, 0.25) is 5.91 Å². The molecule has 2 amide bonds. The highest BCUT2D eigenvalue weighted by Crippen LogP contribution is 2.38. The lowest BCUT2D eigenvalue weighted by Crippen LogP contribution is -2.20. The van der Waals surface area contributed by atoms with Gasteiger partial charge in [-0.25, -0.2) is 0 Å². The minimum absolute atomic E-state index is 0.299. The summed E-state index contributed by atoms with van der Waals surface area (Å²) in [6, 6.07) is 5.16. The lowest BCUT2D eigenvalue weighted by molar-refractivity contribution is -0.119. The van der Waals surface area contributed by atoms with E-state index in [0.29, 0.717) is 11.5 Å². The molecule has 0 aliphatic carbocycles. The van der Waals surface area contributed by atoms with E-state index >= 15 is 0 Å². The zero-order chi connectivity index (χ0) is 12.4. The highest BCUT2D eigenvalue weighted by Gasteiger charge is 2.33. The van der Waals surface area contributed by atoms with Crippen molar-refractivity contribution in [1.29, 1.82) is 0 Å². The number of hydrogen-bond acceptors (Lipinski definition) is 5. The van der Waals surface area contributed by atoms with Gasteiger partial charge in [0.25, 0.3) is 5.24 Å². The molecule has 0 saturated carbocycles. The number of nitrogens with one attached hydrogen (secondary N) is 1. The number of thioether (sulfide) groups is 1. The van der Waals surface area contributed by atoms with Gasteiger partial charge in [-0.15, -0.1) is 0 Å². The molecule has 6 heteroatoms. The number of ether oxygens (including phenoxy) is 2. The van der Waals surface area contributed by atoms with Crippen molar-refractivity contribution in [3.63, 3.8) is 0 Å². The monoisotopic (exact) mass is 253 g/mol. The predicted molar refractivity (Wildman–Crippen MR) is 63.4 cm³/mol. The lowest BCUT2D eigenvalue weighted by Gasteiger charge is -2.11. The van der Waals surface area contributed by atoms with E-state index in [1.54, 1.807) is 18.2 Å². The summed E-state index contributed by atoms with van der Waals surface area (Å²) in [5, 5.41) is 1.41. The van der Waals surface area contributed by atoms with Crippen molar-refractivity contribution in [2.24, 2.45) is 0 Å². The van der Waals surface area contributed by atoms with Crippen molar-refractivity contribution >= 4 is 22.9 Å². The van der Waals surface area contributed by atoms with E-state index in [4.69, 9.17) is 9.47 Å². The summed E-state index contributed by atoms with van der Waals surface area (Å²) in [4.78, 5) is 22.6. The Morgan fingerprint density at radius 1 is 1.18 bits per heavy atom. The van der Waals surface area contributed by atoms with E-state index in [9.17, 15) is 9.59 Å². The topological polar surface area (TPSA) is 64.6 Å². The number of carbonyl (C=O) groups is 2. The number of carbonyl (C=O) groups excluding carboxylic acids is 2. The summed E-state index contributed by atoms with van der Waals surface area (Å²) in [5.41, 5.74) is 0.719. The largest absolute Gasteiger partial charge is 0.493 e. The molecule has 5 nitrogen and oxygen atoms in total. The molecule has 17 heavy (non-hydrogen) atoms. The molecule has 1 fully saturated rings. The minimum atomic E-state index is -0.512. The Kier molecular flexibility index (Phi) is 3.23. The van der Waals surface area contributed by atoms with Crippen molar-refractivity contribution < 1.29 is 19.1 Å². The summed E-state index contributed by atoms with van der Waals surface area (Å²) in [7, 11) is 3.06. The maximum absolute atomic E-state index is 11.5. The molecule has 1 atom stereocenters. The molecular formula is C11H11NO4S. The molecule has 1 aromatic rings. The Morgan fingerprint density at radius 2 is 1.88 bits per heavy atom. The highest BCUT2D eigenvalue weighted by molar-refractivity contribution is 8.15. The van der Waals surface area contributed by atoms with Crippen LogP contribution in [0.1, 0.15) is 10.8 Å². The second-order valence-electron chi connectivity index (χ2n) is 3.39. The van der Waals surface area contributed by atoms with E-state index in [1.165, 1.54) is 14.2 Å². The number of imide groups is 1. The molecule has 1 N–H and O–H groups in total. The zero-order valence-corrected chi connectivity index (χ0v) is 10.2. The second-order valence-corrected chi connectivity index (χ2v) is 4.47. The molecule has 0 spiro atoms. The Labute approximate surface area is 102 Å². The molecule has 1 aliphatic rings. The van der Waals surface area contributed by atoms with Gasteiger partial charge in [-0.1, -0.05) is 6.07 Å². The van der Waals surface area contributed by atoms with Gasteiger partial charge in [-0.05, 0) is 29.5 Å². The summed E-state index contributed by atoms with van der Waals surface area (Å²) >= 11 is 0.963. The quantitative estimate of drug-likeness (QED) is 0.888. The normalized spacial score (nSPS) is 19.1. The first-order valence-electron chi connectivity index (χ1n) is 4.89. The van der Waals surface area contributed by atoms with Crippen LogP contribution < -0.4 is 14.8 Å². The molecule has 2 rings (SSSR count). The first-order valence-corrected chi connectivity index (χ1v) is 5.77. The second kappa shape index (κ2) is 4.67. The summed E-state index contributed by atoms with van der Waals surface area (Å²) in [6.07, 6.45) is 0. The first-order chi connectivity index (χ1) is 8.15. The molecule has 1 unspecified atom stereocenters. The average molecular weight is 253 g/mol. The standard InChI is InChI=1S/C11H11NO4S/c1-15-7-4-3-6(5-8(7)16-2)9-10(13)12-11(14)17-9/h3-5,9H,1-2H3,(H,12,13,14). The van der Waals surface area contributed by atoms with Gasteiger partial charge in [-0.2, -0.15) is 0 Å². The fourth-order valence-corrected chi connectivity index (χ4v) is 2.41. The maximum Gasteiger partial charge on any atom is 0.286 e. The van der Waals surface area contributed by atoms with E-state index in [-0.39, 0.29) is 11.1 Å². The van der Waals surface area contributed by atoms with Gasteiger partial charge in [0.15, 0.2) is 11.5 Å². The smallest absolute Gasteiger partial charge is 0.286 e. The first kappa shape index (κ1) is 11.8. The van der Waals surface area contributed by atoms with Gasteiger partial charge in [0.05, 0.1) is 14.2 Å². The Balaban J connectivity index is 2.33. The Morgan fingerprint density at radius 3 is 2.41 bits per heavy atom. The zero-order valence-electron chi connectivity index (χ0n) is 9.35. The van der Waals surface area contributed by atoms with Crippen molar-refractivity contribution in [3.05, 3.63) is 23.8 Å². The van der Waals surface area contributed by atoms with Crippen LogP contribution in [0.2, 0.25) is 0 Å². The molecule has 0 bridgehead atoms. The Bertz CT molecular complexity index is 475. The van der Waals surface area contributed by atoms with Crippen molar-refractivity contribution in [2.75, 3.05) is 14.2 Å². The van der Waals surface area contributed by atoms with Crippen molar-refractivity contribution in [3.8, 4) is 11.5 Å². The van der Waals surface area contributed by atoms with Crippen LogP contribution in [0.15, 0.2) is 18.2 Å². The van der Waals surface area contributed by atoms with Crippen LogP contribution >= 0.6 is 11.8 Å². The molecular weight excluding hydrogens is 242 g/mol. The molecule has 90 valence electrons. The number of rotatable bonds is 3. The molecule has 1 heterocycles. The molecule has 1 aromatic carbocycles. The van der Waals surface area contributed by atoms with E-state index in [2.05, 4.69) is 5.32 Å². The fraction of sp³-hybridized carbons (Fsp3) is 0.273. The predicted octanol–water partition coefficient (Wildman–Crippen LogP) is 1.73. The van der Waals surface area contributed by atoms with Crippen LogP contribution in [0.4, 0.5) is 4.79 Å². The minimum Gasteiger partial charge on any atom is -0.493 e. The lowest BCUT2D eigenvalue weighted by atomic mass is 10.1. The van der Waals surface area contributed by atoms with Gasteiger partial charge >= 0.3 is 0 Å². The molecule has 1 aliphatic heterocycles. The van der Waals surface area contributed by atoms with Crippen LogP contribution in [0.3, 0.4) is 0 Å². The highest BCUT2D eigenvalue weighted by atomic mass is 32.2. The number of hydrogen-bond donors (Lipinski definition) is 1. The van der Waals surface area contributed by atoms with Crippen molar-refractivity contribution in [2.45, 2.75) is 5.25 Å². The molecule has 1 saturated heterocycles. The van der Waals surface area contributed by atoms with Crippen LogP contribution in [-0.2, 0) is 4.79 Å². The fourth-order valence-electron chi connectivity index (χ4n) is 1.59. The number of amides is 2. The number of benzene rings is 1. The third-order valence-electron chi connectivity index (χ3n) is 2.40. The molecule has 0 aromatic heterocycles. The van der Waals surface area contributed by atoms with E-state index in [0.717, 1.165) is 17.3 Å². The summed E-state index contributed by atoms with van der Waals surface area (Å²) in [6.45, 7) is 0. The number of methoxy groups -OCH3 is 2. The van der Waals surface area contributed by atoms with Gasteiger partial charge in [0.1, 0.15) is 5.25 Å². The van der Waals surface area contributed by atoms with Crippen molar-refractivity contribution in [1.82, 2.24) is 5.32 Å². The van der Waals surface area contributed by atoms with Gasteiger partial charge in [0, 0.05) is 0 Å². The van der Waals surface area contributed by atoms with Crippen LogP contribution in [0.5, 0.6) is 11.5 Å². The third-order valence-corrected chi connectivity index (χ3v) is 3.44. The van der Waals surface area contributed by atoms with Crippen LogP contribution in [-0.4, -0.2) is 25.4 Å². The van der Waals surface area contributed by atoms with Crippen LogP contribution in [0, 0.1) is 0 Å². The van der Waals surface area contributed by atoms with E-state index in [1.807, 2.05) is 0 Å². The molecule has 0 radical (unpaired) electrons. The Hall–Kier alpha value is -1.69. The summed E-state index contributed by atoms with van der Waals surface area (Å²) in [5.74, 6) is 0.830. The van der Waals surface area contributed by atoms with Gasteiger partial charge in [-0.3, -0.25) is 14.9 Å². The van der Waals surface area contributed by atoms with E-state index < -0.39 is 5.25 Å². The summed E-state index contributed by atoms with van der Waals surface area (Å²) < 4.78 is 10.3. The average Bonchev–Trinajstić information content (AvgIpc) is 2.67. The van der Waals surface area contributed by atoms with Crippen LogP contribution in [0.25, 0.3) is 0 Å². The van der Waals surface area contributed by atoms with Gasteiger partial charge < -0.3 is 9.47 Å².